The zero-order valence-electron chi connectivity index (χ0n) is 71.6. The molecule has 1 aliphatic carbocycles. The fraction of sp³-hybridized carbons (Fsp3) is 0.0515. The summed E-state index contributed by atoms with van der Waals surface area (Å²) in [6, 6.07) is 78.9. The Balaban J connectivity index is 0.000000113. The van der Waals surface area contributed by atoms with Crippen molar-refractivity contribution >= 4 is 142 Å². The lowest BCUT2D eigenvalue weighted by Crippen LogP contribution is -2.32. The number of H-pyrrole nitrogens is 12. The maximum atomic E-state index is 13.1. The predicted octanol–water partition coefficient (Wildman–Crippen LogP) is 16.0. The van der Waals surface area contributed by atoms with Gasteiger partial charge in [0, 0.05) is 110 Å². The largest absolute Gasteiger partial charge is 0.463 e. The Hall–Kier alpha value is -19.0. The second kappa shape index (κ2) is 36.6. The molecule has 13 aromatic heterocycles. The number of para-hydroxylation sites is 2. The van der Waals surface area contributed by atoms with Gasteiger partial charge >= 0.3 is 0 Å². The zero-order valence-corrected chi connectivity index (χ0v) is 72.4. The lowest BCUT2D eigenvalue weighted by atomic mass is 9.91. The van der Waals surface area contributed by atoms with Crippen molar-refractivity contribution in [2.24, 2.45) is 0 Å². The first-order valence-electron chi connectivity index (χ1n) is 42.0. The first kappa shape index (κ1) is 84.2. The van der Waals surface area contributed by atoms with Crippen LogP contribution in [0.4, 0.5) is 52.2 Å². The minimum atomic E-state index is -0.490. The van der Waals surface area contributed by atoms with Gasteiger partial charge in [0.1, 0.15) is 45.5 Å². The minimum absolute atomic E-state index is 0.0469. The highest BCUT2D eigenvalue weighted by atomic mass is 32.2. The third kappa shape index (κ3) is 18.9. The molecule has 1 atom stereocenters. The summed E-state index contributed by atoms with van der Waals surface area (Å²) in [7, 11) is 0. The topological polar surface area (TPSA) is 529 Å². The first-order valence-corrected chi connectivity index (χ1v) is 42.9. The van der Waals surface area contributed by atoms with Crippen LogP contribution in [-0.4, -0.2) is 133 Å². The van der Waals surface area contributed by atoms with Gasteiger partial charge in [0.2, 0.25) is 5.91 Å². The summed E-state index contributed by atoms with van der Waals surface area (Å²) >= 11 is 1.46. The number of benzene rings is 9. The van der Waals surface area contributed by atoms with Gasteiger partial charge in [-0.05, 0) is 177 Å². The van der Waals surface area contributed by atoms with Crippen molar-refractivity contribution in [2.45, 2.75) is 43.5 Å². The maximum Gasteiger partial charge on any atom is 0.271 e. The highest BCUT2D eigenvalue weighted by Crippen LogP contribution is 2.36. The Morgan fingerprint density at radius 1 is 0.393 bits per heavy atom. The molecule has 0 saturated heterocycles. The van der Waals surface area contributed by atoms with Crippen molar-refractivity contribution in [1.82, 2.24) is 121 Å². The number of ether oxygens (including phenoxy) is 1. The summed E-state index contributed by atoms with van der Waals surface area (Å²) in [5.74, 6) is 8.22. The number of anilines is 9. The molecule has 1 unspecified atom stereocenters. The van der Waals surface area contributed by atoms with Crippen LogP contribution in [0.15, 0.2) is 295 Å². The summed E-state index contributed by atoms with van der Waals surface area (Å²) in [6.45, 7) is 7.17. The molecule has 0 spiro atoms. The van der Waals surface area contributed by atoms with E-state index in [0.717, 1.165) is 94.2 Å². The molecular formula is C97H75N29O8S. The summed E-state index contributed by atoms with van der Waals surface area (Å²) in [5.41, 5.74) is 12.6. The predicted molar refractivity (Wildman–Crippen MR) is 516 cm³/mol. The van der Waals surface area contributed by atoms with E-state index in [1.165, 1.54) is 18.7 Å². The summed E-state index contributed by atoms with van der Waals surface area (Å²) in [5, 5.41) is 71.6. The van der Waals surface area contributed by atoms with Crippen LogP contribution < -0.4 is 64.1 Å². The second-order valence-corrected chi connectivity index (χ2v) is 32.2. The zero-order chi connectivity index (χ0) is 92.2. The van der Waals surface area contributed by atoms with E-state index in [1.807, 2.05) is 257 Å². The van der Waals surface area contributed by atoms with E-state index in [1.54, 1.807) is 36.6 Å². The Labute approximate surface area is 763 Å². The number of nitrogens with one attached hydrogen (secondary N) is 17. The Kier molecular flexibility index (Phi) is 22.8. The summed E-state index contributed by atoms with van der Waals surface area (Å²) in [4.78, 5) is 111. The standard InChI is InChI=1S/C34H23N7O3.C23H20N8O2S.C21H17N7O.C19H15N7O2/c42-30-18-29-25(17-24(30)19-10-13-22(14-11-19)44-21-6-2-1-3-7-21)33(40-39-29)37-32-23-8-4-5-9-27(23)35-31(36-32)20-12-15-28-26(16-20)34(43)41-38-28;1-12-9-20(30-28-12)25-19-11-21(34-16-6-4-15(5-7-16)24-13(2)32)27-22(26-19)14-3-8-18-17(10-14)23(33)31-29-18;1-12-9-18(23-19-11-17(26-27-19)13-5-3-2-4-6-13)24-20(22-12)14-7-8-16-15(10-14)21(29)28-25-16;1-10-7-16(21-17-9-14(24-25-17)15-3-2-6-28-15)22-18(20-10)11-4-5-13-12(8-11)19(27)26-23-13/h1-18,24,39H,(H2,38,41,43)(H,35,36,37,40);3-11H,1-2H3,(H,24,32)(H2,29,31,33)(H2,25,26,27,28,30);2-11H,1H3,(H2,25,28,29)(H2,22,23,24,26,27);2-9H,1H3,(H2,23,26,27)(H2,20,21,22,24,25). The smallest absolute Gasteiger partial charge is 0.271 e. The highest BCUT2D eigenvalue weighted by Gasteiger charge is 2.24. The molecule has 17 N–H and O–H groups in total. The van der Waals surface area contributed by atoms with Crippen molar-refractivity contribution in [3.8, 4) is 79.8 Å². The van der Waals surface area contributed by atoms with E-state index in [9.17, 15) is 28.8 Å². The fourth-order valence-corrected chi connectivity index (χ4v) is 15.9. The maximum absolute atomic E-state index is 13.1. The van der Waals surface area contributed by atoms with Crippen molar-refractivity contribution < 1.29 is 18.7 Å². The van der Waals surface area contributed by atoms with E-state index in [2.05, 4.69) is 133 Å². The van der Waals surface area contributed by atoms with Crippen LogP contribution in [0.1, 0.15) is 35.5 Å². The molecule has 9 aromatic carbocycles. The molecule has 0 bridgehead atoms. The van der Waals surface area contributed by atoms with Gasteiger partial charge in [-0.15, -0.1) is 0 Å². The fourth-order valence-electron chi connectivity index (χ4n) is 15.0. The molecule has 1 amide bonds. The Morgan fingerprint density at radius 2 is 0.889 bits per heavy atom. The van der Waals surface area contributed by atoms with Gasteiger partial charge in [0.05, 0.1) is 72.4 Å². The number of hydrogen-bond donors (Lipinski definition) is 17. The van der Waals surface area contributed by atoms with Crippen molar-refractivity contribution in [2.75, 3.05) is 26.6 Å². The molecular weight excluding hydrogens is 1730 g/mol. The van der Waals surface area contributed by atoms with E-state index >= 15 is 0 Å². The SMILES string of the molecule is CC(=O)Nc1ccc(Sc2cc(Nc3cc(C)[nH]n3)nc(-c3ccc4[nH][nH]c(=O)c4c3)n2)cc1.Cc1cc(Nc2cc(-c3ccccc3)[nH]n2)nc(-c2ccc3[nH][nH]c(=O)c3c2)n1.Cc1cc(Nc2cc(-c3ccco3)[nH]n2)nc(-c2ccc3[nH][nH]c(=O)c3c2)n1.O=C1C=c2[nH]nc(Nc3nc(-c4ccc5[nH][nH]c(=O)c5c4)nc4ccccc34)c2=CC1c1ccc(Oc2ccccc2)cc1. The quantitative estimate of drug-likeness (QED) is 0.0315. The number of nitrogens with zero attached hydrogens (tertiary/aromatic N) is 12. The second-order valence-electron chi connectivity index (χ2n) is 31.1. The average Bonchev–Trinajstić information content (AvgIpc) is 1.69. The lowest BCUT2D eigenvalue weighted by Gasteiger charge is -2.14. The lowest BCUT2D eigenvalue weighted by molar-refractivity contribution is -0.114. The molecule has 0 fully saturated rings. The van der Waals surface area contributed by atoms with Gasteiger partial charge in [-0.25, -0.2) is 39.9 Å². The van der Waals surface area contributed by atoms with E-state index in [0.29, 0.717) is 135 Å². The highest BCUT2D eigenvalue weighted by molar-refractivity contribution is 7.99. The number of ketones is 1. The van der Waals surface area contributed by atoms with Gasteiger partial charge < -0.3 is 35.7 Å². The third-order valence-corrected chi connectivity index (χ3v) is 22.4. The number of furan rings is 1. The van der Waals surface area contributed by atoms with Gasteiger partial charge in [-0.1, -0.05) is 90.6 Å². The number of aromatic nitrogens is 24. The number of carbonyl (C=O) groups is 2. The van der Waals surface area contributed by atoms with Crippen molar-refractivity contribution in [1.29, 1.82) is 0 Å². The summed E-state index contributed by atoms with van der Waals surface area (Å²) in [6.07, 6.45) is 5.10. The molecule has 135 heavy (non-hydrogen) atoms. The number of carbonyl (C=O) groups excluding carboxylic acids is 2. The molecule has 0 radical (unpaired) electrons. The molecule has 662 valence electrons. The molecule has 13 heterocycles. The Morgan fingerprint density at radius 3 is 1.43 bits per heavy atom. The van der Waals surface area contributed by atoms with E-state index in [-0.39, 0.29) is 33.9 Å². The van der Waals surface area contributed by atoms with Crippen LogP contribution in [0.25, 0.3) is 135 Å². The molecule has 22 aromatic rings. The molecule has 0 saturated carbocycles. The van der Waals surface area contributed by atoms with Crippen molar-refractivity contribution in [3.05, 3.63) is 336 Å². The van der Waals surface area contributed by atoms with Crippen LogP contribution in [0.5, 0.6) is 11.5 Å². The third-order valence-electron chi connectivity index (χ3n) is 21.5. The number of amides is 1. The molecule has 38 heteroatoms. The monoisotopic (exact) mass is 1810 g/mol. The number of hydrogen-bond acceptors (Lipinski definition) is 25. The average molecular weight is 1810 g/mol. The number of fused-ring (bicyclic) bond motifs is 6. The van der Waals surface area contributed by atoms with Gasteiger partial charge in [-0.3, -0.25) is 90.0 Å². The van der Waals surface area contributed by atoms with Crippen LogP contribution in [0, 0.1) is 20.8 Å². The number of rotatable bonds is 20. The number of Topliss-reactive ketones (excluding diaryl/α,β-unsaturated/α-hetero) is 1. The first-order chi connectivity index (χ1) is 65.8. The minimum Gasteiger partial charge on any atom is -0.463 e. The number of aryl methyl sites for hydroxylation is 3. The van der Waals surface area contributed by atoms with Crippen LogP contribution >= 0.6 is 11.8 Å². The molecule has 37 nitrogen and oxygen atoms in total. The van der Waals surface area contributed by atoms with Crippen LogP contribution in [0.2, 0.25) is 0 Å². The van der Waals surface area contributed by atoms with E-state index < -0.39 is 5.92 Å². The Bertz CT molecular complexity index is 8600. The van der Waals surface area contributed by atoms with Gasteiger partial charge in [0.25, 0.3) is 22.2 Å². The van der Waals surface area contributed by atoms with Crippen molar-refractivity contribution in [3.63, 3.8) is 0 Å². The molecule has 0 aliphatic heterocycles. The summed E-state index contributed by atoms with van der Waals surface area (Å²) < 4.78 is 11.3. The normalized spacial score (nSPS) is 12.1. The van der Waals surface area contributed by atoms with Crippen LogP contribution in [-0.2, 0) is 9.59 Å². The molecule has 23 rings (SSSR count). The number of aromatic amines is 12. The van der Waals surface area contributed by atoms with Crippen LogP contribution in [0.3, 0.4) is 0 Å². The van der Waals surface area contributed by atoms with Gasteiger partial charge in [-0.2, -0.15) is 20.4 Å². The van der Waals surface area contributed by atoms with Gasteiger partial charge in [0.15, 0.2) is 58.1 Å². The molecule has 1 aliphatic rings. The van der Waals surface area contributed by atoms with E-state index in [4.69, 9.17) is 24.1 Å².